The normalized spacial score (nSPS) is 22.2. The quantitative estimate of drug-likeness (QED) is 0.386. The number of halogens is 1. The van der Waals surface area contributed by atoms with Crippen molar-refractivity contribution >= 4 is 18.3 Å². The number of nitrogens with zero attached hydrogens (tertiary/aromatic N) is 1. The Hall–Kier alpha value is -1.98. The van der Waals surface area contributed by atoms with E-state index < -0.39 is 5.92 Å². The Morgan fingerprint density at radius 1 is 1.35 bits per heavy atom. The molecule has 3 unspecified atom stereocenters. The van der Waals surface area contributed by atoms with E-state index in [0.29, 0.717) is 12.1 Å². The predicted octanol–water partition coefficient (Wildman–Crippen LogP) is 4.65. The highest BCUT2D eigenvalue weighted by atomic mass is 32.1. The Morgan fingerprint density at radius 2 is 2.00 bits per heavy atom. The third-order valence-electron chi connectivity index (χ3n) is 4.77. The van der Waals surface area contributed by atoms with Gasteiger partial charge in [0, 0.05) is 17.1 Å². The molecule has 1 aromatic carbocycles. The molecule has 0 heterocycles. The average Bonchev–Trinajstić information content (AvgIpc) is 2.61. The second-order valence-electron chi connectivity index (χ2n) is 6.65. The van der Waals surface area contributed by atoms with Crippen molar-refractivity contribution in [1.29, 1.82) is 0 Å². The minimum Gasteiger partial charge on any atom is -0.401 e. The van der Waals surface area contributed by atoms with E-state index in [-0.39, 0.29) is 17.0 Å². The largest absolute Gasteiger partial charge is 0.401 e. The third-order valence-corrected chi connectivity index (χ3v) is 5.16. The molecule has 0 bridgehead atoms. The lowest BCUT2D eigenvalue weighted by molar-refractivity contribution is 0.406. The zero-order valence-electron chi connectivity index (χ0n) is 15.6. The van der Waals surface area contributed by atoms with Gasteiger partial charge in [-0.25, -0.2) is 10.2 Å². The Kier molecular flexibility index (Phi) is 7.12. The zero-order valence-corrected chi connectivity index (χ0v) is 16.5. The van der Waals surface area contributed by atoms with E-state index in [9.17, 15) is 4.39 Å². The van der Waals surface area contributed by atoms with Gasteiger partial charge in [-0.1, -0.05) is 30.4 Å². The van der Waals surface area contributed by atoms with Crippen LogP contribution in [0.4, 0.5) is 10.1 Å². The van der Waals surface area contributed by atoms with Gasteiger partial charge in [0.1, 0.15) is 5.83 Å². The smallest absolute Gasteiger partial charge is 0.109 e. The zero-order chi connectivity index (χ0) is 19.3. The van der Waals surface area contributed by atoms with Gasteiger partial charge in [-0.2, -0.15) is 12.6 Å². The molecule has 5 heteroatoms. The summed E-state index contributed by atoms with van der Waals surface area (Å²) >= 11 is 4.44. The van der Waals surface area contributed by atoms with Crippen LogP contribution in [-0.2, 0) is 6.42 Å². The third kappa shape index (κ3) is 4.80. The van der Waals surface area contributed by atoms with E-state index in [1.807, 2.05) is 57.2 Å². The SMILES string of the molecule is C/C=C\N(N)c1ccc(CC2C=CC=C(F)C2/C(N)=C(/C)C(C)S)cc1. The minimum absolute atomic E-state index is 0.00389. The molecule has 0 saturated heterocycles. The first-order chi connectivity index (χ1) is 12.3. The topological polar surface area (TPSA) is 55.3 Å². The van der Waals surface area contributed by atoms with Crippen molar-refractivity contribution in [1.82, 2.24) is 0 Å². The molecule has 0 saturated carbocycles. The van der Waals surface area contributed by atoms with Crippen LogP contribution >= 0.6 is 12.6 Å². The fourth-order valence-electron chi connectivity index (χ4n) is 3.08. The number of benzene rings is 1. The van der Waals surface area contributed by atoms with Crippen molar-refractivity contribution in [2.75, 3.05) is 5.01 Å². The number of hydrogen-bond acceptors (Lipinski definition) is 4. The molecule has 1 aromatic rings. The fraction of sp³-hybridized carbons (Fsp3) is 0.333. The van der Waals surface area contributed by atoms with Crippen LogP contribution < -0.4 is 16.6 Å². The van der Waals surface area contributed by atoms with Crippen LogP contribution in [-0.4, -0.2) is 5.25 Å². The molecule has 0 aromatic heterocycles. The van der Waals surface area contributed by atoms with Gasteiger partial charge in [0.2, 0.25) is 0 Å². The molecule has 3 atom stereocenters. The number of rotatable bonds is 6. The van der Waals surface area contributed by atoms with Crippen LogP contribution in [0.5, 0.6) is 0 Å². The lowest BCUT2D eigenvalue weighted by Crippen LogP contribution is -2.27. The summed E-state index contributed by atoms with van der Waals surface area (Å²) in [6, 6.07) is 7.97. The van der Waals surface area contributed by atoms with Crippen molar-refractivity contribution in [2.45, 2.75) is 32.4 Å². The molecule has 1 aliphatic carbocycles. The van der Waals surface area contributed by atoms with Crippen LogP contribution in [0.1, 0.15) is 26.3 Å². The maximum Gasteiger partial charge on any atom is 0.109 e. The monoisotopic (exact) mass is 373 g/mol. The number of nitrogens with two attached hydrogens (primary N) is 2. The molecular weight excluding hydrogens is 345 g/mol. The molecule has 0 aliphatic heterocycles. The Morgan fingerprint density at radius 3 is 2.58 bits per heavy atom. The molecule has 4 N–H and O–H groups in total. The summed E-state index contributed by atoms with van der Waals surface area (Å²) < 4.78 is 14.6. The molecule has 0 spiro atoms. The number of anilines is 1. The van der Waals surface area contributed by atoms with Gasteiger partial charge in [-0.05, 0) is 62.5 Å². The van der Waals surface area contributed by atoms with E-state index in [4.69, 9.17) is 11.6 Å². The first-order valence-corrected chi connectivity index (χ1v) is 9.30. The van der Waals surface area contributed by atoms with Crippen LogP contribution in [0.25, 0.3) is 0 Å². The van der Waals surface area contributed by atoms with Gasteiger partial charge in [0.25, 0.3) is 0 Å². The molecule has 26 heavy (non-hydrogen) atoms. The molecule has 140 valence electrons. The molecule has 1 aliphatic rings. The van der Waals surface area contributed by atoms with Crippen molar-refractivity contribution < 1.29 is 4.39 Å². The van der Waals surface area contributed by atoms with Crippen molar-refractivity contribution in [3.05, 3.63) is 77.4 Å². The predicted molar refractivity (Wildman–Crippen MR) is 112 cm³/mol. The molecule has 0 fully saturated rings. The average molecular weight is 374 g/mol. The standard InChI is InChI=1S/C21H28FN3S/c1-4-12-25(24)18-10-8-16(9-11-18)13-17-6-5-7-19(22)20(17)21(23)14(2)15(3)26/h4-12,15,17,20,26H,13,23-24H2,1-3H3/b12-4-,21-14+. The fourth-order valence-corrected chi connectivity index (χ4v) is 3.23. The first kappa shape index (κ1) is 20.3. The minimum atomic E-state index is -0.441. The van der Waals surface area contributed by atoms with Crippen LogP contribution in [0.3, 0.4) is 0 Å². The first-order valence-electron chi connectivity index (χ1n) is 8.79. The summed E-state index contributed by atoms with van der Waals surface area (Å²) in [7, 11) is 0. The van der Waals surface area contributed by atoms with E-state index >= 15 is 0 Å². The highest BCUT2D eigenvalue weighted by molar-refractivity contribution is 7.81. The molecule has 3 nitrogen and oxygen atoms in total. The Labute approximate surface area is 161 Å². The van der Waals surface area contributed by atoms with E-state index in [0.717, 1.165) is 16.8 Å². The number of hydrazine groups is 1. The maximum atomic E-state index is 14.6. The van der Waals surface area contributed by atoms with E-state index in [1.54, 1.807) is 17.3 Å². The van der Waals surface area contributed by atoms with Gasteiger partial charge < -0.3 is 5.73 Å². The van der Waals surface area contributed by atoms with Gasteiger partial charge in [-0.3, -0.25) is 5.01 Å². The van der Waals surface area contributed by atoms with E-state index in [2.05, 4.69) is 12.6 Å². The molecular formula is C21H28FN3S. The van der Waals surface area contributed by atoms with Crippen LogP contribution in [0, 0.1) is 11.8 Å². The number of allylic oxidation sites excluding steroid dienone is 5. The molecule has 0 amide bonds. The van der Waals surface area contributed by atoms with Gasteiger partial charge >= 0.3 is 0 Å². The summed E-state index contributed by atoms with van der Waals surface area (Å²) in [6.45, 7) is 5.78. The number of thiol groups is 1. The van der Waals surface area contributed by atoms with Crippen molar-refractivity contribution in [3.63, 3.8) is 0 Å². The second-order valence-corrected chi connectivity index (χ2v) is 7.43. The second kappa shape index (κ2) is 9.10. The summed E-state index contributed by atoms with van der Waals surface area (Å²) in [6.07, 6.45) is 9.66. The highest BCUT2D eigenvalue weighted by Gasteiger charge is 2.29. The van der Waals surface area contributed by atoms with Crippen molar-refractivity contribution in [2.24, 2.45) is 23.4 Å². The van der Waals surface area contributed by atoms with Gasteiger partial charge in [0.15, 0.2) is 0 Å². The summed E-state index contributed by atoms with van der Waals surface area (Å²) in [5, 5.41) is 1.56. The lowest BCUT2D eigenvalue weighted by Gasteiger charge is -2.28. The van der Waals surface area contributed by atoms with E-state index in [1.165, 1.54) is 6.08 Å². The van der Waals surface area contributed by atoms with Crippen molar-refractivity contribution in [3.8, 4) is 0 Å². The Bertz CT molecular complexity index is 732. The molecule has 2 rings (SSSR count). The van der Waals surface area contributed by atoms with Gasteiger partial charge in [0.05, 0.1) is 11.6 Å². The van der Waals surface area contributed by atoms with Gasteiger partial charge in [-0.15, -0.1) is 0 Å². The summed E-state index contributed by atoms with van der Waals surface area (Å²) in [5.41, 5.74) is 9.81. The number of hydrogen-bond donors (Lipinski definition) is 3. The lowest BCUT2D eigenvalue weighted by atomic mass is 9.79. The van der Waals surface area contributed by atoms with Crippen LogP contribution in [0.2, 0.25) is 0 Å². The molecule has 0 radical (unpaired) electrons. The van der Waals surface area contributed by atoms with Crippen LogP contribution in [0.15, 0.2) is 71.9 Å². The highest BCUT2D eigenvalue weighted by Crippen LogP contribution is 2.35. The summed E-state index contributed by atoms with van der Waals surface area (Å²) in [4.78, 5) is 0. The summed E-state index contributed by atoms with van der Waals surface area (Å²) in [5.74, 6) is 5.26. The maximum absolute atomic E-state index is 14.6. The Balaban J connectivity index is 2.22.